The number of benzene rings is 1. The van der Waals surface area contributed by atoms with Crippen LogP contribution in [0.2, 0.25) is 0 Å². The zero-order valence-corrected chi connectivity index (χ0v) is 18.4. The van der Waals surface area contributed by atoms with Gasteiger partial charge in [0.15, 0.2) is 5.96 Å². The van der Waals surface area contributed by atoms with E-state index in [-0.39, 0.29) is 24.0 Å². The van der Waals surface area contributed by atoms with Gasteiger partial charge in [0.05, 0.1) is 0 Å². The number of hydrogen-bond donors (Lipinski definition) is 2. The molecule has 6 heteroatoms. The maximum absolute atomic E-state index is 5.36. The minimum absolute atomic E-state index is 0. The largest absolute Gasteiger partial charge is 0.382 e. The van der Waals surface area contributed by atoms with Crippen molar-refractivity contribution in [2.24, 2.45) is 4.99 Å². The lowest BCUT2D eigenvalue weighted by molar-refractivity contribution is 0.143. The molecule has 1 heterocycles. The number of nitrogens with zero attached hydrogens (tertiary/aromatic N) is 2. The molecule has 0 bridgehead atoms. The molecule has 0 saturated heterocycles. The molecule has 0 unspecified atom stereocenters. The summed E-state index contributed by atoms with van der Waals surface area (Å²) in [6.45, 7) is 9.40. The van der Waals surface area contributed by atoms with E-state index in [1.807, 2.05) is 6.92 Å². The fourth-order valence-corrected chi connectivity index (χ4v) is 2.79. The lowest BCUT2D eigenvalue weighted by Gasteiger charge is -2.11. The molecule has 1 aromatic carbocycles. The Morgan fingerprint density at radius 3 is 2.73 bits per heavy atom. The summed E-state index contributed by atoms with van der Waals surface area (Å²) < 4.78 is 7.66. The number of halogens is 1. The van der Waals surface area contributed by atoms with Gasteiger partial charge in [0.25, 0.3) is 0 Å². The standard InChI is InChI=1S/C20H32N4O.HI/c1-3-21-20(22-13-7-8-17-25-4-2)23-14-9-15-24-16-12-18-10-5-6-11-19(18)24;/h5-6,10-12,16H,3-4,7-9,13-15,17H2,1-2H3,(H2,21,22,23);1H. The van der Waals surface area contributed by atoms with Crippen molar-refractivity contribution in [3.05, 3.63) is 36.5 Å². The molecule has 2 N–H and O–H groups in total. The number of nitrogens with one attached hydrogen (secondary N) is 2. The molecule has 0 aliphatic carbocycles. The van der Waals surface area contributed by atoms with Gasteiger partial charge < -0.3 is 19.9 Å². The van der Waals surface area contributed by atoms with Crippen molar-refractivity contribution >= 4 is 40.8 Å². The Labute approximate surface area is 174 Å². The quantitative estimate of drug-likeness (QED) is 0.225. The van der Waals surface area contributed by atoms with E-state index in [4.69, 9.17) is 4.74 Å². The van der Waals surface area contributed by atoms with Crippen LogP contribution in [0.1, 0.15) is 33.1 Å². The highest BCUT2D eigenvalue weighted by Gasteiger charge is 2.00. The van der Waals surface area contributed by atoms with E-state index in [0.717, 1.165) is 64.6 Å². The first-order valence-corrected chi connectivity index (χ1v) is 9.49. The van der Waals surface area contributed by atoms with Gasteiger partial charge in [-0.25, -0.2) is 0 Å². The molecule has 0 aliphatic heterocycles. The summed E-state index contributed by atoms with van der Waals surface area (Å²) in [6, 6.07) is 10.7. The van der Waals surface area contributed by atoms with E-state index >= 15 is 0 Å². The van der Waals surface area contributed by atoms with Gasteiger partial charge in [-0.15, -0.1) is 24.0 Å². The smallest absolute Gasteiger partial charge is 0.191 e. The van der Waals surface area contributed by atoms with Crippen molar-refractivity contribution in [1.82, 2.24) is 15.2 Å². The van der Waals surface area contributed by atoms with Crippen molar-refractivity contribution in [3.8, 4) is 0 Å². The first-order chi connectivity index (χ1) is 12.3. The number of para-hydroxylation sites is 1. The molecule has 0 radical (unpaired) electrons. The van der Waals surface area contributed by atoms with E-state index in [9.17, 15) is 0 Å². The number of aromatic nitrogens is 1. The second kappa shape index (κ2) is 13.9. The second-order valence-corrected chi connectivity index (χ2v) is 6.01. The highest BCUT2D eigenvalue weighted by Crippen LogP contribution is 2.15. The Hall–Kier alpha value is -1.28. The number of aliphatic imine (C=N–C) groups is 1. The van der Waals surface area contributed by atoms with Crippen molar-refractivity contribution in [2.75, 3.05) is 32.8 Å². The van der Waals surface area contributed by atoms with Crippen LogP contribution < -0.4 is 10.6 Å². The minimum atomic E-state index is 0. The van der Waals surface area contributed by atoms with Gasteiger partial charge >= 0.3 is 0 Å². The van der Waals surface area contributed by atoms with Gasteiger partial charge in [-0.1, -0.05) is 18.2 Å². The molecule has 0 atom stereocenters. The first kappa shape index (κ1) is 22.8. The lowest BCUT2D eigenvalue weighted by Crippen LogP contribution is -2.38. The number of fused-ring (bicyclic) bond motifs is 1. The van der Waals surface area contributed by atoms with Crippen molar-refractivity contribution < 1.29 is 4.74 Å². The fourth-order valence-electron chi connectivity index (χ4n) is 2.79. The van der Waals surface area contributed by atoms with Crippen molar-refractivity contribution in [1.29, 1.82) is 0 Å². The molecule has 26 heavy (non-hydrogen) atoms. The Balaban J connectivity index is 0.00000338. The maximum Gasteiger partial charge on any atom is 0.191 e. The average Bonchev–Trinajstić information content (AvgIpc) is 3.04. The highest BCUT2D eigenvalue weighted by molar-refractivity contribution is 14.0. The summed E-state index contributed by atoms with van der Waals surface area (Å²) in [4.78, 5) is 4.68. The number of guanidine groups is 1. The van der Waals surface area contributed by atoms with E-state index in [1.54, 1.807) is 0 Å². The summed E-state index contributed by atoms with van der Waals surface area (Å²) in [6.07, 6.45) is 5.37. The third-order valence-corrected chi connectivity index (χ3v) is 4.06. The molecular weight excluding hydrogens is 439 g/mol. The van der Waals surface area contributed by atoms with E-state index in [2.05, 4.69) is 63.6 Å². The monoisotopic (exact) mass is 472 g/mol. The van der Waals surface area contributed by atoms with Gasteiger partial charge in [-0.3, -0.25) is 4.99 Å². The number of ether oxygens (including phenoxy) is 1. The first-order valence-electron chi connectivity index (χ1n) is 9.49. The normalized spacial score (nSPS) is 11.4. The summed E-state index contributed by atoms with van der Waals surface area (Å²) in [5.41, 5.74) is 1.30. The minimum Gasteiger partial charge on any atom is -0.382 e. The van der Waals surface area contributed by atoms with E-state index in [0.29, 0.717) is 0 Å². The number of rotatable bonds is 11. The number of unbranched alkanes of at least 4 members (excludes halogenated alkanes) is 1. The zero-order valence-electron chi connectivity index (χ0n) is 16.0. The summed E-state index contributed by atoms with van der Waals surface area (Å²) in [5.74, 6) is 0.913. The van der Waals surface area contributed by atoms with Crippen molar-refractivity contribution in [3.63, 3.8) is 0 Å². The molecule has 5 nitrogen and oxygen atoms in total. The van der Waals surface area contributed by atoms with Crippen molar-refractivity contribution in [2.45, 2.75) is 39.7 Å². The third kappa shape index (κ3) is 7.95. The Bertz CT molecular complexity index is 642. The molecule has 0 aliphatic rings. The summed E-state index contributed by atoms with van der Waals surface area (Å²) in [5, 5.41) is 8.01. The Morgan fingerprint density at radius 2 is 1.92 bits per heavy atom. The molecule has 2 rings (SSSR count). The molecule has 1 aromatic heterocycles. The summed E-state index contributed by atoms with van der Waals surface area (Å²) in [7, 11) is 0. The van der Waals surface area contributed by atoms with Crippen LogP contribution in [0, 0.1) is 0 Å². The van der Waals surface area contributed by atoms with Gasteiger partial charge in [0.1, 0.15) is 0 Å². The SMILES string of the molecule is CCNC(=NCCCn1ccc2ccccc21)NCCCCOCC.I. The molecule has 0 fully saturated rings. The van der Waals surface area contributed by atoms with Gasteiger partial charge in [-0.05, 0) is 50.6 Å². The molecular formula is C20H33IN4O. The van der Waals surface area contributed by atoms with Crippen LogP contribution in [0.3, 0.4) is 0 Å². The topological polar surface area (TPSA) is 50.6 Å². The van der Waals surface area contributed by atoms with Crippen LogP contribution in [-0.2, 0) is 11.3 Å². The average molecular weight is 472 g/mol. The molecule has 0 saturated carbocycles. The molecule has 0 amide bonds. The third-order valence-electron chi connectivity index (χ3n) is 4.06. The number of aryl methyl sites for hydroxylation is 1. The van der Waals surface area contributed by atoms with E-state index in [1.165, 1.54) is 10.9 Å². The lowest BCUT2D eigenvalue weighted by atomic mass is 10.2. The van der Waals surface area contributed by atoms with Crippen LogP contribution in [0.25, 0.3) is 10.9 Å². The molecule has 2 aromatic rings. The second-order valence-electron chi connectivity index (χ2n) is 6.01. The van der Waals surface area contributed by atoms with Crippen LogP contribution >= 0.6 is 24.0 Å². The predicted octanol–water partition coefficient (Wildman–Crippen LogP) is 4.02. The van der Waals surface area contributed by atoms with E-state index < -0.39 is 0 Å². The maximum atomic E-state index is 5.36. The molecule has 146 valence electrons. The van der Waals surface area contributed by atoms with Crippen LogP contribution in [-0.4, -0.2) is 43.4 Å². The Morgan fingerprint density at radius 1 is 1.08 bits per heavy atom. The van der Waals surface area contributed by atoms with Gasteiger partial charge in [0.2, 0.25) is 0 Å². The van der Waals surface area contributed by atoms with Crippen LogP contribution in [0.15, 0.2) is 41.5 Å². The fraction of sp³-hybridized carbons (Fsp3) is 0.550. The summed E-state index contributed by atoms with van der Waals surface area (Å²) >= 11 is 0. The molecule has 0 spiro atoms. The highest BCUT2D eigenvalue weighted by atomic mass is 127. The zero-order chi connectivity index (χ0) is 17.7. The Kier molecular flexibility index (Phi) is 12.1. The number of hydrogen-bond acceptors (Lipinski definition) is 2. The predicted molar refractivity (Wildman–Crippen MR) is 122 cm³/mol. The van der Waals surface area contributed by atoms with Crippen LogP contribution in [0.5, 0.6) is 0 Å². The van der Waals surface area contributed by atoms with Gasteiger partial charge in [-0.2, -0.15) is 0 Å². The van der Waals surface area contributed by atoms with Crippen LogP contribution in [0.4, 0.5) is 0 Å². The van der Waals surface area contributed by atoms with Gasteiger partial charge in [0, 0.05) is 51.1 Å².